The molecular formula is C25H30N2O5. The van der Waals surface area contributed by atoms with Crippen LogP contribution in [0, 0.1) is 25.7 Å². The fourth-order valence-electron chi connectivity index (χ4n) is 4.08. The molecule has 170 valence electrons. The van der Waals surface area contributed by atoms with E-state index in [1.165, 1.54) is 12.1 Å². The van der Waals surface area contributed by atoms with Crippen LogP contribution in [0.1, 0.15) is 59.7 Å². The lowest BCUT2D eigenvalue weighted by atomic mass is 9.93. The minimum Gasteiger partial charge on any atom is -0.507 e. The number of hydrogen-bond acceptors (Lipinski definition) is 4. The summed E-state index contributed by atoms with van der Waals surface area (Å²) in [5.74, 6) is -0.0474. The van der Waals surface area contributed by atoms with E-state index in [0.717, 1.165) is 16.5 Å². The van der Waals surface area contributed by atoms with Crippen molar-refractivity contribution in [1.82, 2.24) is 10.3 Å². The predicted octanol–water partition coefficient (Wildman–Crippen LogP) is 5.39. The molecule has 0 aliphatic carbocycles. The Morgan fingerprint density at radius 3 is 2.28 bits per heavy atom. The Morgan fingerprint density at radius 2 is 1.69 bits per heavy atom. The fraction of sp³-hybridized carbons (Fsp3) is 0.360. The number of phenols is 1. The Labute approximate surface area is 187 Å². The molecule has 1 amide bonds. The largest absolute Gasteiger partial charge is 0.507 e. The number of aromatic hydroxyl groups is 1. The van der Waals surface area contributed by atoms with Gasteiger partial charge < -0.3 is 25.3 Å². The molecular weight excluding hydrogens is 408 g/mol. The molecule has 7 nitrogen and oxygen atoms in total. The van der Waals surface area contributed by atoms with Crippen molar-refractivity contribution in [3.05, 3.63) is 52.7 Å². The van der Waals surface area contributed by atoms with Gasteiger partial charge in [0.15, 0.2) is 0 Å². The summed E-state index contributed by atoms with van der Waals surface area (Å²) in [5, 5.41) is 23.3. The SMILES string of the molecule is Cc1cc2[nH]c(C(=O)O)cc2c(C)c1Oc1ccc(O)c(C(=O)NC(C(C)C)C(C)C)c1. The average Bonchev–Trinajstić information content (AvgIpc) is 3.14. The van der Waals surface area contributed by atoms with E-state index in [9.17, 15) is 19.8 Å². The van der Waals surface area contributed by atoms with Gasteiger partial charge in [-0.25, -0.2) is 4.79 Å². The Kier molecular flexibility index (Phi) is 6.48. The van der Waals surface area contributed by atoms with E-state index in [1.54, 1.807) is 12.1 Å². The summed E-state index contributed by atoms with van der Waals surface area (Å²) in [6, 6.07) is 7.92. The zero-order valence-corrected chi connectivity index (χ0v) is 19.2. The molecule has 0 radical (unpaired) electrons. The quantitative estimate of drug-likeness (QED) is 0.395. The van der Waals surface area contributed by atoms with Crippen LogP contribution >= 0.6 is 0 Å². The number of H-pyrrole nitrogens is 1. The molecule has 0 saturated heterocycles. The first-order valence-electron chi connectivity index (χ1n) is 10.7. The van der Waals surface area contributed by atoms with Crippen LogP contribution in [-0.4, -0.2) is 33.1 Å². The lowest BCUT2D eigenvalue weighted by Gasteiger charge is -2.26. The van der Waals surface area contributed by atoms with Gasteiger partial charge >= 0.3 is 5.97 Å². The van der Waals surface area contributed by atoms with Gasteiger partial charge in [0.25, 0.3) is 5.91 Å². The first-order valence-corrected chi connectivity index (χ1v) is 10.7. The number of carboxylic acid groups (broad SMARTS) is 1. The second-order valence-electron chi connectivity index (χ2n) is 8.87. The summed E-state index contributed by atoms with van der Waals surface area (Å²) in [5.41, 5.74) is 2.55. The van der Waals surface area contributed by atoms with Crippen molar-refractivity contribution in [2.24, 2.45) is 11.8 Å². The van der Waals surface area contributed by atoms with Crippen molar-refractivity contribution in [2.75, 3.05) is 0 Å². The molecule has 0 aliphatic rings. The van der Waals surface area contributed by atoms with E-state index >= 15 is 0 Å². The number of amides is 1. The van der Waals surface area contributed by atoms with Crippen LogP contribution in [0.15, 0.2) is 30.3 Å². The topological polar surface area (TPSA) is 112 Å². The summed E-state index contributed by atoms with van der Waals surface area (Å²) in [4.78, 5) is 27.1. The van der Waals surface area contributed by atoms with Gasteiger partial charge in [-0.1, -0.05) is 27.7 Å². The number of benzene rings is 2. The van der Waals surface area contributed by atoms with Crippen molar-refractivity contribution in [1.29, 1.82) is 0 Å². The third kappa shape index (κ3) is 4.56. The molecule has 1 aromatic heterocycles. The molecule has 0 aliphatic heterocycles. The highest BCUT2D eigenvalue weighted by atomic mass is 16.5. The molecule has 0 saturated carbocycles. The summed E-state index contributed by atoms with van der Waals surface area (Å²) in [6.07, 6.45) is 0. The number of carbonyl (C=O) groups excluding carboxylic acids is 1. The first-order chi connectivity index (χ1) is 15.0. The van der Waals surface area contributed by atoms with Gasteiger partial charge in [-0.05, 0) is 61.6 Å². The van der Waals surface area contributed by atoms with Crippen LogP contribution in [0.4, 0.5) is 0 Å². The third-order valence-electron chi connectivity index (χ3n) is 5.71. The number of nitrogens with one attached hydrogen (secondary N) is 2. The average molecular weight is 439 g/mol. The van der Waals surface area contributed by atoms with Gasteiger partial charge in [0, 0.05) is 22.5 Å². The second-order valence-corrected chi connectivity index (χ2v) is 8.87. The van der Waals surface area contributed by atoms with Crippen LogP contribution in [0.2, 0.25) is 0 Å². The highest BCUT2D eigenvalue weighted by Crippen LogP contribution is 2.36. The normalized spacial score (nSPS) is 11.5. The molecule has 2 aromatic carbocycles. The minimum absolute atomic E-state index is 0.0320. The molecule has 32 heavy (non-hydrogen) atoms. The number of carbonyl (C=O) groups is 2. The van der Waals surface area contributed by atoms with Crippen LogP contribution in [0.3, 0.4) is 0 Å². The van der Waals surface area contributed by atoms with Gasteiger partial charge in [-0.3, -0.25) is 4.79 Å². The van der Waals surface area contributed by atoms with Crippen LogP contribution < -0.4 is 10.1 Å². The molecule has 1 heterocycles. The van der Waals surface area contributed by atoms with E-state index in [2.05, 4.69) is 10.3 Å². The Bertz CT molecular complexity index is 1170. The number of aromatic amines is 1. The van der Waals surface area contributed by atoms with Gasteiger partial charge in [0.05, 0.1) is 5.56 Å². The molecule has 0 bridgehead atoms. The minimum atomic E-state index is -1.03. The summed E-state index contributed by atoms with van der Waals surface area (Å²) in [7, 11) is 0. The van der Waals surface area contributed by atoms with Crippen molar-refractivity contribution in [3.8, 4) is 17.2 Å². The van der Waals surface area contributed by atoms with Crippen molar-refractivity contribution in [3.63, 3.8) is 0 Å². The first kappa shape index (κ1) is 23.2. The van der Waals surface area contributed by atoms with E-state index in [4.69, 9.17) is 4.74 Å². The molecule has 0 fully saturated rings. The molecule has 0 unspecified atom stereocenters. The van der Waals surface area contributed by atoms with Crippen molar-refractivity contribution >= 4 is 22.8 Å². The molecule has 0 atom stereocenters. The lowest BCUT2D eigenvalue weighted by molar-refractivity contribution is 0.0691. The number of ether oxygens (including phenoxy) is 1. The van der Waals surface area contributed by atoms with E-state index in [0.29, 0.717) is 17.0 Å². The molecule has 4 N–H and O–H groups in total. The summed E-state index contributed by atoms with van der Waals surface area (Å²) < 4.78 is 6.11. The Balaban J connectivity index is 1.94. The number of aromatic carboxylic acids is 1. The second kappa shape index (κ2) is 8.94. The Hall–Kier alpha value is -3.48. The maximum absolute atomic E-state index is 12.9. The molecule has 0 spiro atoms. The zero-order valence-electron chi connectivity index (χ0n) is 19.2. The summed E-state index contributed by atoms with van der Waals surface area (Å²) in [6.45, 7) is 11.9. The van der Waals surface area contributed by atoms with Gasteiger partial charge in [-0.15, -0.1) is 0 Å². The standard InChI is InChI=1S/C25H30N2O5/c1-12(2)22(13(3)4)27-24(29)18-10-16(7-8-21(18)28)32-23-14(5)9-19-17(15(23)6)11-20(26-19)25(30)31/h7-13,22,26,28H,1-6H3,(H,27,29)(H,30,31). The van der Waals surface area contributed by atoms with Crippen LogP contribution in [0.25, 0.3) is 10.9 Å². The summed E-state index contributed by atoms with van der Waals surface area (Å²) >= 11 is 0. The van der Waals surface area contributed by atoms with Gasteiger partial charge in [0.1, 0.15) is 22.9 Å². The predicted molar refractivity (Wildman–Crippen MR) is 124 cm³/mol. The smallest absolute Gasteiger partial charge is 0.352 e. The van der Waals surface area contributed by atoms with Gasteiger partial charge in [-0.2, -0.15) is 0 Å². The van der Waals surface area contributed by atoms with Crippen molar-refractivity contribution < 1.29 is 24.5 Å². The van der Waals surface area contributed by atoms with Crippen molar-refractivity contribution in [2.45, 2.75) is 47.6 Å². The number of rotatable bonds is 7. The highest BCUT2D eigenvalue weighted by Gasteiger charge is 2.23. The molecule has 3 aromatic rings. The highest BCUT2D eigenvalue weighted by molar-refractivity contribution is 5.98. The maximum Gasteiger partial charge on any atom is 0.352 e. The fourth-order valence-corrected chi connectivity index (χ4v) is 4.08. The van der Waals surface area contributed by atoms with Crippen LogP contribution in [-0.2, 0) is 0 Å². The maximum atomic E-state index is 12.9. The Morgan fingerprint density at radius 1 is 1.03 bits per heavy atom. The number of hydrogen-bond donors (Lipinski definition) is 4. The van der Waals surface area contributed by atoms with Gasteiger partial charge in [0.2, 0.25) is 0 Å². The number of aryl methyl sites for hydroxylation is 2. The number of aromatic nitrogens is 1. The van der Waals surface area contributed by atoms with E-state index < -0.39 is 5.97 Å². The third-order valence-corrected chi connectivity index (χ3v) is 5.71. The monoisotopic (exact) mass is 438 g/mol. The molecule has 3 rings (SSSR count). The number of fused-ring (bicyclic) bond motifs is 1. The van der Waals surface area contributed by atoms with E-state index in [1.807, 2.05) is 47.6 Å². The lowest BCUT2D eigenvalue weighted by Crippen LogP contribution is -2.42. The number of phenolic OH excluding ortho intramolecular Hbond substituents is 1. The molecule has 7 heteroatoms. The zero-order chi connectivity index (χ0) is 23.7. The van der Waals surface area contributed by atoms with E-state index in [-0.39, 0.29) is 40.8 Å². The van der Waals surface area contributed by atoms with Crippen LogP contribution in [0.5, 0.6) is 17.2 Å². The number of carboxylic acids is 1.